The van der Waals surface area contributed by atoms with Crippen LogP contribution in [0.25, 0.3) is 0 Å². The van der Waals surface area contributed by atoms with Crippen LogP contribution in [0.3, 0.4) is 0 Å². The van der Waals surface area contributed by atoms with Crippen molar-refractivity contribution in [2.75, 3.05) is 0 Å². The summed E-state index contributed by atoms with van der Waals surface area (Å²) in [7, 11) is 0. The largest absolute Gasteiger partial charge is 0.324 e. The summed E-state index contributed by atoms with van der Waals surface area (Å²) in [6.07, 6.45) is 2.46. The molecule has 1 aromatic heterocycles. The minimum absolute atomic E-state index is 0.265. The van der Waals surface area contributed by atoms with Crippen LogP contribution in [-0.4, -0.2) is 0 Å². The number of hydrogen-bond acceptors (Lipinski definition) is 2. The second-order valence-corrected chi connectivity index (χ2v) is 5.25. The van der Waals surface area contributed by atoms with Crippen molar-refractivity contribution in [2.24, 2.45) is 5.73 Å². The van der Waals surface area contributed by atoms with E-state index in [1.807, 2.05) is 11.4 Å². The Hall–Kier alpha value is -1.26. The molecule has 0 radical (unpaired) electrons. The lowest BCUT2D eigenvalue weighted by Gasteiger charge is -2.12. The van der Waals surface area contributed by atoms with E-state index < -0.39 is 17.7 Å². The standard InChI is InChI=1S/C14H15F2NS/c15-12-7-2-6-11(14(12)16)13(17)8-1-4-10-5-3-9-18-10/h2-3,5-7,9,13H,1,4,8,17H2. The minimum Gasteiger partial charge on any atom is -0.324 e. The molecule has 1 nitrogen and oxygen atoms in total. The molecule has 96 valence electrons. The quantitative estimate of drug-likeness (QED) is 0.869. The predicted molar refractivity (Wildman–Crippen MR) is 70.5 cm³/mol. The van der Waals surface area contributed by atoms with Gasteiger partial charge in [0.05, 0.1) is 0 Å². The van der Waals surface area contributed by atoms with Gasteiger partial charge in [-0.05, 0) is 36.8 Å². The van der Waals surface area contributed by atoms with Crippen LogP contribution >= 0.6 is 11.3 Å². The molecule has 1 aromatic carbocycles. The molecule has 18 heavy (non-hydrogen) atoms. The van der Waals surface area contributed by atoms with Gasteiger partial charge in [-0.15, -0.1) is 11.3 Å². The summed E-state index contributed by atoms with van der Waals surface area (Å²) in [6.45, 7) is 0. The molecule has 2 rings (SSSR count). The summed E-state index contributed by atoms with van der Waals surface area (Å²) in [5, 5.41) is 2.03. The van der Waals surface area contributed by atoms with Gasteiger partial charge in [0, 0.05) is 16.5 Å². The van der Waals surface area contributed by atoms with E-state index in [1.165, 1.54) is 10.9 Å². The second kappa shape index (κ2) is 6.07. The number of halogens is 2. The molecular weight excluding hydrogens is 252 g/mol. The fraction of sp³-hybridized carbons (Fsp3) is 0.286. The molecule has 2 N–H and O–H groups in total. The van der Waals surface area contributed by atoms with Crippen molar-refractivity contribution in [1.82, 2.24) is 0 Å². The first-order valence-electron chi connectivity index (χ1n) is 5.90. The number of benzene rings is 1. The van der Waals surface area contributed by atoms with Gasteiger partial charge in [0.2, 0.25) is 0 Å². The van der Waals surface area contributed by atoms with Crippen LogP contribution in [0, 0.1) is 11.6 Å². The number of rotatable bonds is 5. The van der Waals surface area contributed by atoms with Crippen LogP contribution in [0.1, 0.15) is 29.3 Å². The average Bonchev–Trinajstić information content (AvgIpc) is 2.85. The predicted octanol–water partition coefficient (Wildman–Crippen LogP) is 4.05. The smallest absolute Gasteiger partial charge is 0.163 e. The lowest BCUT2D eigenvalue weighted by Crippen LogP contribution is -2.13. The maximum Gasteiger partial charge on any atom is 0.163 e. The SMILES string of the molecule is NC(CCCc1cccs1)c1cccc(F)c1F. The van der Waals surface area contributed by atoms with Crippen LogP contribution in [0.2, 0.25) is 0 Å². The highest BCUT2D eigenvalue weighted by Gasteiger charge is 2.14. The zero-order chi connectivity index (χ0) is 13.0. The van der Waals surface area contributed by atoms with E-state index in [2.05, 4.69) is 6.07 Å². The fourth-order valence-electron chi connectivity index (χ4n) is 1.91. The third-order valence-corrected chi connectivity index (χ3v) is 3.84. The second-order valence-electron chi connectivity index (χ2n) is 4.22. The van der Waals surface area contributed by atoms with E-state index in [0.717, 1.165) is 18.9 Å². The van der Waals surface area contributed by atoms with Gasteiger partial charge in [-0.3, -0.25) is 0 Å². The topological polar surface area (TPSA) is 26.0 Å². The molecule has 0 amide bonds. The molecule has 2 aromatic rings. The van der Waals surface area contributed by atoms with Crippen LogP contribution in [-0.2, 0) is 6.42 Å². The molecular formula is C14H15F2NS. The van der Waals surface area contributed by atoms with Gasteiger partial charge in [-0.25, -0.2) is 8.78 Å². The van der Waals surface area contributed by atoms with Crippen LogP contribution in [0.4, 0.5) is 8.78 Å². The van der Waals surface area contributed by atoms with Gasteiger partial charge in [-0.2, -0.15) is 0 Å². The van der Waals surface area contributed by atoms with E-state index in [4.69, 9.17) is 5.73 Å². The minimum atomic E-state index is -0.832. The van der Waals surface area contributed by atoms with Gasteiger partial charge >= 0.3 is 0 Å². The Morgan fingerprint density at radius 1 is 1.17 bits per heavy atom. The Kier molecular flexibility index (Phi) is 4.44. The Morgan fingerprint density at radius 3 is 2.72 bits per heavy atom. The summed E-state index contributed by atoms with van der Waals surface area (Å²) in [6, 6.07) is 7.78. The van der Waals surface area contributed by atoms with Gasteiger partial charge in [-0.1, -0.05) is 18.2 Å². The summed E-state index contributed by atoms with van der Waals surface area (Å²) in [5.41, 5.74) is 6.17. The van der Waals surface area contributed by atoms with Gasteiger partial charge in [0.25, 0.3) is 0 Å². The molecule has 1 atom stereocenters. The fourth-order valence-corrected chi connectivity index (χ4v) is 2.66. The zero-order valence-electron chi connectivity index (χ0n) is 9.90. The number of aryl methyl sites for hydroxylation is 1. The van der Waals surface area contributed by atoms with Crippen molar-refractivity contribution >= 4 is 11.3 Å². The van der Waals surface area contributed by atoms with E-state index in [1.54, 1.807) is 17.4 Å². The lowest BCUT2D eigenvalue weighted by atomic mass is 10.0. The van der Waals surface area contributed by atoms with Crippen molar-refractivity contribution in [3.63, 3.8) is 0 Å². The molecule has 0 spiro atoms. The van der Waals surface area contributed by atoms with Crippen molar-refractivity contribution in [3.8, 4) is 0 Å². The average molecular weight is 267 g/mol. The highest BCUT2D eigenvalue weighted by Crippen LogP contribution is 2.22. The molecule has 1 unspecified atom stereocenters. The van der Waals surface area contributed by atoms with Crippen LogP contribution < -0.4 is 5.73 Å². The highest BCUT2D eigenvalue weighted by molar-refractivity contribution is 7.09. The van der Waals surface area contributed by atoms with Gasteiger partial charge in [0.15, 0.2) is 11.6 Å². The molecule has 0 fully saturated rings. The third kappa shape index (κ3) is 3.15. The van der Waals surface area contributed by atoms with Gasteiger partial charge in [0.1, 0.15) is 0 Å². The van der Waals surface area contributed by atoms with E-state index >= 15 is 0 Å². The number of thiophene rings is 1. The molecule has 0 aliphatic carbocycles. The van der Waals surface area contributed by atoms with Gasteiger partial charge < -0.3 is 5.73 Å². The summed E-state index contributed by atoms with van der Waals surface area (Å²) >= 11 is 1.70. The molecule has 0 saturated heterocycles. The number of hydrogen-bond donors (Lipinski definition) is 1. The van der Waals surface area contributed by atoms with E-state index in [0.29, 0.717) is 6.42 Å². The Morgan fingerprint density at radius 2 is 2.00 bits per heavy atom. The van der Waals surface area contributed by atoms with Crippen molar-refractivity contribution in [1.29, 1.82) is 0 Å². The first-order valence-corrected chi connectivity index (χ1v) is 6.78. The molecule has 0 aliphatic heterocycles. The normalized spacial score (nSPS) is 12.6. The van der Waals surface area contributed by atoms with E-state index in [9.17, 15) is 8.78 Å². The Balaban J connectivity index is 1.91. The first kappa shape index (κ1) is 13.2. The monoisotopic (exact) mass is 267 g/mol. The maximum atomic E-state index is 13.5. The highest BCUT2D eigenvalue weighted by atomic mass is 32.1. The zero-order valence-corrected chi connectivity index (χ0v) is 10.7. The molecule has 4 heteroatoms. The molecule has 0 bridgehead atoms. The maximum absolute atomic E-state index is 13.5. The Labute approximate surface area is 109 Å². The first-order chi connectivity index (χ1) is 8.68. The van der Waals surface area contributed by atoms with Crippen molar-refractivity contribution in [3.05, 3.63) is 57.8 Å². The molecule has 0 saturated carbocycles. The van der Waals surface area contributed by atoms with Crippen LogP contribution in [0.15, 0.2) is 35.7 Å². The van der Waals surface area contributed by atoms with Crippen molar-refractivity contribution < 1.29 is 8.78 Å². The third-order valence-electron chi connectivity index (χ3n) is 2.90. The summed E-state index contributed by atoms with van der Waals surface area (Å²) < 4.78 is 26.6. The van der Waals surface area contributed by atoms with E-state index in [-0.39, 0.29) is 5.56 Å². The summed E-state index contributed by atoms with van der Waals surface area (Å²) in [5.74, 6) is -1.65. The lowest BCUT2D eigenvalue weighted by molar-refractivity contribution is 0.480. The number of nitrogens with two attached hydrogens (primary N) is 1. The Bertz CT molecular complexity index is 497. The summed E-state index contributed by atoms with van der Waals surface area (Å²) in [4.78, 5) is 1.29. The molecule has 1 heterocycles. The van der Waals surface area contributed by atoms with Crippen molar-refractivity contribution in [2.45, 2.75) is 25.3 Å². The van der Waals surface area contributed by atoms with Crippen LogP contribution in [0.5, 0.6) is 0 Å². The molecule has 0 aliphatic rings.